The molecule has 4 fully saturated rings. The fraction of sp³-hybridized carbons (Fsp3) is 0.556. The average molecular weight is 598 g/mol. The van der Waals surface area contributed by atoms with Crippen LogP contribution >= 0.6 is 0 Å². The molecule has 1 aromatic heterocycles. The van der Waals surface area contributed by atoms with Gasteiger partial charge in [-0.2, -0.15) is 0 Å². The van der Waals surface area contributed by atoms with E-state index in [1.807, 2.05) is 12.1 Å². The summed E-state index contributed by atoms with van der Waals surface area (Å²) in [5.74, 6) is 0.668. The second-order valence-electron chi connectivity index (χ2n) is 14.2. The monoisotopic (exact) mass is 597 g/mol. The fourth-order valence-corrected chi connectivity index (χ4v) is 8.20. The summed E-state index contributed by atoms with van der Waals surface area (Å²) in [6.07, 6.45) is 3.74. The number of aryl methyl sites for hydroxylation is 1. The maximum Gasteiger partial charge on any atom is 0.250 e. The Balaban J connectivity index is 1.13. The van der Waals surface area contributed by atoms with E-state index in [0.29, 0.717) is 25.2 Å². The maximum absolute atomic E-state index is 14.5. The lowest BCUT2D eigenvalue weighted by Gasteiger charge is -2.47. The summed E-state index contributed by atoms with van der Waals surface area (Å²) in [5.41, 5.74) is 4.82. The Kier molecular flexibility index (Phi) is 7.48. The fourth-order valence-electron chi connectivity index (χ4n) is 8.20. The molecule has 2 unspecified atom stereocenters. The van der Waals surface area contributed by atoms with Crippen molar-refractivity contribution in [2.75, 3.05) is 56.7 Å². The van der Waals surface area contributed by atoms with Gasteiger partial charge in [-0.15, -0.1) is 0 Å². The molecule has 44 heavy (non-hydrogen) atoms. The first-order chi connectivity index (χ1) is 21.2. The first-order valence-electron chi connectivity index (χ1n) is 16.5. The van der Waals surface area contributed by atoms with E-state index in [-0.39, 0.29) is 29.2 Å². The first kappa shape index (κ1) is 29.4. The van der Waals surface area contributed by atoms with Gasteiger partial charge in [0.25, 0.3) is 0 Å². The number of aromatic nitrogens is 1. The molecule has 0 radical (unpaired) electrons. The molecule has 2 atom stereocenters. The Morgan fingerprint density at radius 2 is 1.68 bits per heavy atom. The zero-order valence-corrected chi connectivity index (χ0v) is 26.7. The number of morpholine rings is 1. The number of carbonyl (C=O) groups is 2. The van der Waals surface area contributed by atoms with Crippen molar-refractivity contribution in [1.82, 2.24) is 14.8 Å². The van der Waals surface area contributed by atoms with Crippen molar-refractivity contribution in [2.24, 2.45) is 11.3 Å². The average Bonchev–Trinajstić information content (AvgIpc) is 3.91. The minimum absolute atomic E-state index is 0.0189. The summed E-state index contributed by atoms with van der Waals surface area (Å²) in [5, 5.41) is 4.53. The number of nitrogens with one attached hydrogen (secondary N) is 2. The number of carbonyl (C=O) groups excluding carboxylic acids is 2. The number of fused-ring (bicyclic) bond motifs is 1. The van der Waals surface area contributed by atoms with Gasteiger partial charge < -0.3 is 29.7 Å². The molecule has 2 amide bonds. The second kappa shape index (κ2) is 11.2. The highest BCUT2D eigenvalue weighted by Crippen LogP contribution is 2.67. The molecule has 234 valence electrons. The predicted octanol–water partition coefficient (Wildman–Crippen LogP) is 5.54. The largest absolute Gasteiger partial charge is 0.378 e. The van der Waals surface area contributed by atoms with E-state index in [2.05, 4.69) is 89.2 Å². The number of anilines is 2. The normalized spacial score (nSPS) is 24.7. The van der Waals surface area contributed by atoms with Crippen LogP contribution in [0.1, 0.15) is 63.1 Å². The van der Waals surface area contributed by atoms with Crippen LogP contribution in [0.3, 0.4) is 0 Å². The van der Waals surface area contributed by atoms with E-state index >= 15 is 0 Å². The van der Waals surface area contributed by atoms with Gasteiger partial charge >= 0.3 is 0 Å². The van der Waals surface area contributed by atoms with Crippen LogP contribution in [-0.4, -0.2) is 84.6 Å². The van der Waals surface area contributed by atoms with Crippen LogP contribution in [0.25, 0.3) is 10.9 Å². The van der Waals surface area contributed by atoms with Crippen molar-refractivity contribution in [3.05, 3.63) is 59.8 Å². The minimum atomic E-state index is -0.834. The second-order valence-corrected chi connectivity index (χ2v) is 14.2. The lowest BCUT2D eigenvalue weighted by atomic mass is 9.83. The molecule has 3 aromatic rings. The highest BCUT2D eigenvalue weighted by Gasteiger charge is 2.61. The molecule has 4 aliphatic rings. The number of piperidine rings is 1. The lowest BCUT2D eigenvalue weighted by molar-refractivity contribution is -0.150. The van der Waals surface area contributed by atoms with Gasteiger partial charge in [0.1, 0.15) is 5.54 Å². The van der Waals surface area contributed by atoms with Crippen LogP contribution in [0.4, 0.5) is 11.4 Å². The molecule has 2 aliphatic heterocycles. The molecule has 2 saturated heterocycles. The number of hydrogen-bond acceptors (Lipinski definition) is 5. The summed E-state index contributed by atoms with van der Waals surface area (Å²) in [6, 6.07) is 16.8. The molecular weight excluding hydrogens is 550 g/mol. The van der Waals surface area contributed by atoms with Gasteiger partial charge in [-0.1, -0.05) is 32.0 Å². The number of ether oxygens (including phenoxy) is 1. The van der Waals surface area contributed by atoms with Crippen molar-refractivity contribution >= 4 is 34.1 Å². The molecule has 8 heteroatoms. The number of rotatable bonds is 8. The van der Waals surface area contributed by atoms with Gasteiger partial charge in [0.2, 0.25) is 11.8 Å². The summed E-state index contributed by atoms with van der Waals surface area (Å²) in [7, 11) is 2.11. The molecule has 8 nitrogen and oxygen atoms in total. The highest BCUT2D eigenvalue weighted by molar-refractivity contribution is 6.01. The van der Waals surface area contributed by atoms with Crippen LogP contribution in [-0.2, 0) is 14.3 Å². The molecule has 2 aliphatic carbocycles. The molecule has 0 spiro atoms. The van der Waals surface area contributed by atoms with Crippen molar-refractivity contribution in [1.29, 1.82) is 0 Å². The molecule has 2 N–H and O–H groups in total. The molecule has 2 saturated carbocycles. The van der Waals surface area contributed by atoms with Gasteiger partial charge in [-0.05, 0) is 92.8 Å². The zero-order chi connectivity index (χ0) is 30.6. The Morgan fingerprint density at radius 3 is 2.36 bits per heavy atom. The predicted molar refractivity (Wildman–Crippen MR) is 175 cm³/mol. The quantitative estimate of drug-likeness (QED) is 0.357. The number of H-pyrrole nitrogens is 1. The lowest BCUT2D eigenvalue weighted by Crippen LogP contribution is -2.64. The third kappa shape index (κ3) is 5.20. The van der Waals surface area contributed by atoms with Crippen molar-refractivity contribution in [3.63, 3.8) is 0 Å². The van der Waals surface area contributed by atoms with E-state index in [0.717, 1.165) is 69.1 Å². The molecule has 7 rings (SSSR count). The number of benzene rings is 2. The van der Waals surface area contributed by atoms with Crippen molar-refractivity contribution in [3.8, 4) is 0 Å². The smallest absolute Gasteiger partial charge is 0.250 e. The maximum atomic E-state index is 14.5. The third-order valence-electron chi connectivity index (χ3n) is 11.1. The Labute approximate surface area is 261 Å². The van der Waals surface area contributed by atoms with Gasteiger partial charge in [0.05, 0.1) is 13.2 Å². The summed E-state index contributed by atoms with van der Waals surface area (Å²) >= 11 is 0. The highest BCUT2D eigenvalue weighted by atomic mass is 16.5. The summed E-state index contributed by atoms with van der Waals surface area (Å²) in [6.45, 7) is 11.6. The standard InChI is InChI=1S/C36H47N5O3/c1-24-32(28-7-5-6-8-30(28)37-24)33-29(35(33,2)3)23-31(42)41(27-13-14-27)36(15-17-39(4)18-16-36)34(43)38-25-9-11-26(12-10-25)40-19-21-44-22-20-40/h5-12,27,29,33,37H,13-23H2,1-4H3,(H,38,43). The summed E-state index contributed by atoms with van der Waals surface area (Å²) < 4.78 is 5.50. The number of likely N-dealkylation sites (tertiary alicyclic amines) is 1. The van der Waals surface area contributed by atoms with Gasteiger partial charge in [-0.3, -0.25) is 9.59 Å². The Morgan fingerprint density at radius 1 is 1.00 bits per heavy atom. The molecule has 2 aromatic carbocycles. The van der Waals surface area contributed by atoms with Crippen LogP contribution in [0, 0.1) is 18.3 Å². The summed E-state index contributed by atoms with van der Waals surface area (Å²) in [4.78, 5) is 39.1. The van der Waals surface area contributed by atoms with E-state index in [4.69, 9.17) is 4.74 Å². The minimum Gasteiger partial charge on any atom is -0.378 e. The molecule has 0 bridgehead atoms. The van der Waals surface area contributed by atoms with E-state index in [9.17, 15) is 9.59 Å². The number of aromatic amines is 1. The zero-order valence-electron chi connectivity index (χ0n) is 26.7. The number of nitrogens with zero attached hydrogens (tertiary/aromatic N) is 3. The third-order valence-corrected chi connectivity index (χ3v) is 11.1. The number of hydrogen-bond donors (Lipinski definition) is 2. The van der Waals surface area contributed by atoms with E-state index in [1.54, 1.807) is 0 Å². The van der Waals surface area contributed by atoms with Crippen LogP contribution in [0.2, 0.25) is 0 Å². The van der Waals surface area contributed by atoms with Crippen LogP contribution in [0.5, 0.6) is 0 Å². The molecular formula is C36H47N5O3. The van der Waals surface area contributed by atoms with Gasteiger partial charge in [0.15, 0.2) is 0 Å². The number of para-hydroxylation sites is 1. The SMILES string of the molecule is Cc1[nH]c2ccccc2c1C1C(CC(=O)N(C2CC2)C2(C(=O)Nc3ccc(N4CCOCC4)cc3)CCN(C)CC2)C1(C)C. The molecule has 3 heterocycles. The van der Waals surface area contributed by atoms with Crippen molar-refractivity contribution in [2.45, 2.75) is 70.4 Å². The number of amides is 2. The van der Waals surface area contributed by atoms with E-state index < -0.39 is 5.54 Å². The van der Waals surface area contributed by atoms with E-state index in [1.165, 1.54) is 16.6 Å². The Bertz CT molecular complexity index is 1530. The van der Waals surface area contributed by atoms with Crippen LogP contribution in [0.15, 0.2) is 48.5 Å². The van der Waals surface area contributed by atoms with Crippen molar-refractivity contribution < 1.29 is 14.3 Å². The van der Waals surface area contributed by atoms with Gasteiger partial charge in [0, 0.05) is 66.6 Å². The van der Waals surface area contributed by atoms with Crippen LogP contribution < -0.4 is 10.2 Å². The first-order valence-corrected chi connectivity index (χ1v) is 16.5. The topological polar surface area (TPSA) is 80.9 Å². The Hall–Kier alpha value is -3.36. The van der Waals surface area contributed by atoms with Gasteiger partial charge in [-0.25, -0.2) is 0 Å².